The molecule has 5 nitrogen and oxygen atoms in total. The van der Waals surface area contributed by atoms with Crippen molar-refractivity contribution in [1.82, 2.24) is 9.97 Å². The second-order valence-corrected chi connectivity index (χ2v) is 9.95. The lowest BCUT2D eigenvalue weighted by Crippen LogP contribution is -2.22. The van der Waals surface area contributed by atoms with E-state index in [-0.39, 0.29) is 5.91 Å². The number of fused-ring (bicyclic) bond motifs is 3. The minimum atomic E-state index is 0.111. The van der Waals surface area contributed by atoms with Gasteiger partial charge in [-0.15, -0.1) is 0 Å². The summed E-state index contributed by atoms with van der Waals surface area (Å²) in [4.78, 5) is 23.1. The second kappa shape index (κ2) is 9.60. The number of nitrogens with zero attached hydrogens (tertiary/aromatic N) is 2. The molecule has 5 rings (SSSR count). The molecule has 2 fully saturated rings. The largest absolute Gasteiger partial charge is 0.497 e. The number of ether oxygens (including phenoxy) is 1. The van der Waals surface area contributed by atoms with Crippen LogP contribution in [0.4, 0.5) is 5.82 Å². The number of anilines is 1. The average molecular weight is 434 g/mol. The molecule has 1 aromatic carbocycles. The molecule has 0 atom stereocenters. The van der Waals surface area contributed by atoms with E-state index in [1.165, 1.54) is 63.4 Å². The lowest BCUT2D eigenvalue weighted by molar-refractivity contribution is -0.117. The number of hydrogen-bond donors (Lipinski definition) is 1. The standard InChI is InChI=1S/C27H35N3O2/c1-32-21-12-13-22-20(17-21)11-14-23-26(22)28-24(15-18-9-5-6-10-18)27(29-23)30-25(31)16-19-7-3-2-4-8-19/h12-13,17-19H,2-11,14-16H2,1H3,(H,29,30,31). The van der Waals surface area contributed by atoms with Crippen molar-refractivity contribution in [2.45, 2.75) is 83.5 Å². The summed E-state index contributed by atoms with van der Waals surface area (Å²) in [6, 6.07) is 6.24. The lowest BCUT2D eigenvalue weighted by atomic mass is 9.87. The summed E-state index contributed by atoms with van der Waals surface area (Å²) in [7, 11) is 1.71. The van der Waals surface area contributed by atoms with Crippen LogP contribution in [-0.2, 0) is 24.1 Å². The Labute approximate surface area is 191 Å². The van der Waals surface area contributed by atoms with Crippen molar-refractivity contribution in [1.29, 1.82) is 0 Å². The van der Waals surface area contributed by atoms with Crippen molar-refractivity contribution < 1.29 is 9.53 Å². The van der Waals surface area contributed by atoms with Gasteiger partial charge in [0.15, 0.2) is 5.82 Å². The lowest BCUT2D eigenvalue weighted by Gasteiger charge is -2.23. The van der Waals surface area contributed by atoms with Crippen LogP contribution in [-0.4, -0.2) is 23.0 Å². The molecule has 0 bridgehead atoms. The van der Waals surface area contributed by atoms with Gasteiger partial charge in [0.25, 0.3) is 0 Å². The van der Waals surface area contributed by atoms with E-state index in [1.807, 2.05) is 6.07 Å². The van der Waals surface area contributed by atoms with Gasteiger partial charge in [-0.1, -0.05) is 44.9 Å². The number of carbonyl (C=O) groups is 1. The van der Waals surface area contributed by atoms with Crippen molar-refractivity contribution in [3.05, 3.63) is 35.2 Å². The van der Waals surface area contributed by atoms with Crippen LogP contribution < -0.4 is 10.1 Å². The molecule has 0 radical (unpaired) electrons. The molecule has 0 unspecified atom stereocenters. The number of amides is 1. The first-order valence-corrected chi connectivity index (χ1v) is 12.6. The van der Waals surface area contributed by atoms with E-state index < -0.39 is 0 Å². The normalized spacial score (nSPS) is 18.8. The summed E-state index contributed by atoms with van der Waals surface area (Å²) in [6.45, 7) is 0. The number of methoxy groups -OCH3 is 1. The molecule has 0 saturated heterocycles. The molecule has 1 aromatic heterocycles. The van der Waals surface area contributed by atoms with Gasteiger partial charge in [-0.2, -0.15) is 0 Å². The molecule has 5 heteroatoms. The monoisotopic (exact) mass is 433 g/mol. The van der Waals surface area contributed by atoms with Gasteiger partial charge >= 0.3 is 0 Å². The molecule has 0 spiro atoms. The zero-order valence-corrected chi connectivity index (χ0v) is 19.3. The Hall–Kier alpha value is -2.43. The van der Waals surface area contributed by atoms with Crippen LogP contribution >= 0.6 is 0 Å². The number of benzene rings is 1. The summed E-state index contributed by atoms with van der Waals surface area (Å²) < 4.78 is 5.42. The summed E-state index contributed by atoms with van der Waals surface area (Å²) >= 11 is 0. The van der Waals surface area contributed by atoms with Crippen LogP contribution in [0.2, 0.25) is 0 Å². The molecule has 3 aliphatic carbocycles. The SMILES string of the molecule is COc1ccc2c(c1)CCc1nc(NC(=O)CC3CCCCC3)c(CC3CCCC3)nc1-2. The highest BCUT2D eigenvalue weighted by Gasteiger charge is 2.26. The second-order valence-electron chi connectivity index (χ2n) is 9.95. The van der Waals surface area contributed by atoms with E-state index >= 15 is 0 Å². The number of carbonyl (C=O) groups excluding carboxylic acids is 1. The summed E-state index contributed by atoms with van der Waals surface area (Å²) in [6.07, 6.45) is 14.6. The Bertz CT molecular complexity index is 975. The minimum Gasteiger partial charge on any atom is -0.497 e. The van der Waals surface area contributed by atoms with Crippen LogP contribution in [0.15, 0.2) is 18.2 Å². The number of aryl methyl sites for hydroxylation is 2. The Morgan fingerprint density at radius 1 is 1.00 bits per heavy atom. The van der Waals surface area contributed by atoms with Crippen LogP contribution in [0.25, 0.3) is 11.3 Å². The maximum Gasteiger partial charge on any atom is 0.225 e. The van der Waals surface area contributed by atoms with Crippen LogP contribution in [0, 0.1) is 11.8 Å². The molecule has 3 aliphatic rings. The highest BCUT2D eigenvalue weighted by Crippen LogP contribution is 2.36. The van der Waals surface area contributed by atoms with E-state index in [0.29, 0.717) is 24.1 Å². The van der Waals surface area contributed by atoms with Crippen molar-refractivity contribution in [3.8, 4) is 17.0 Å². The van der Waals surface area contributed by atoms with Gasteiger partial charge in [-0.3, -0.25) is 4.79 Å². The molecule has 2 aromatic rings. The van der Waals surface area contributed by atoms with Gasteiger partial charge < -0.3 is 10.1 Å². The fourth-order valence-electron chi connectivity index (χ4n) is 5.85. The summed E-state index contributed by atoms with van der Waals surface area (Å²) in [5, 5.41) is 3.19. The van der Waals surface area contributed by atoms with Gasteiger partial charge in [0.1, 0.15) is 5.75 Å². The zero-order valence-electron chi connectivity index (χ0n) is 19.3. The van der Waals surface area contributed by atoms with Gasteiger partial charge in [0.2, 0.25) is 5.91 Å². The molecular formula is C27H35N3O2. The Balaban J connectivity index is 1.43. The first kappa shape index (κ1) is 21.4. The minimum absolute atomic E-state index is 0.111. The third kappa shape index (κ3) is 4.67. The maximum atomic E-state index is 12.9. The van der Waals surface area contributed by atoms with E-state index in [4.69, 9.17) is 14.7 Å². The third-order valence-corrected chi connectivity index (χ3v) is 7.65. The van der Waals surface area contributed by atoms with Crippen molar-refractivity contribution >= 4 is 11.7 Å². The Kier molecular flexibility index (Phi) is 6.42. The van der Waals surface area contributed by atoms with Crippen molar-refractivity contribution in [2.75, 3.05) is 12.4 Å². The first-order valence-electron chi connectivity index (χ1n) is 12.6. The van der Waals surface area contributed by atoms with E-state index in [1.54, 1.807) is 7.11 Å². The van der Waals surface area contributed by atoms with Gasteiger partial charge in [0, 0.05) is 12.0 Å². The van der Waals surface area contributed by atoms with Crippen LogP contribution in [0.1, 0.15) is 81.2 Å². The summed E-state index contributed by atoms with van der Waals surface area (Å²) in [5.41, 5.74) is 5.40. The molecule has 0 aliphatic heterocycles. The zero-order chi connectivity index (χ0) is 21.9. The smallest absolute Gasteiger partial charge is 0.225 e. The maximum absolute atomic E-state index is 12.9. The highest BCUT2D eigenvalue weighted by atomic mass is 16.5. The number of nitrogens with one attached hydrogen (secondary N) is 1. The fraction of sp³-hybridized carbons (Fsp3) is 0.593. The molecule has 2 saturated carbocycles. The van der Waals surface area contributed by atoms with Gasteiger partial charge in [-0.25, -0.2) is 9.97 Å². The van der Waals surface area contributed by atoms with E-state index in [2.05, 4.69) is 17.4 Å². The van der Waals surface area contributed by atoms with Crippen LogP contribution in [0.3, 0.4) is 0 Å². The van der Waals surface area contributed by atoms with E-state index in [0.717, 1.165) is 47.7 Å². The molecule has 1 N–H and O–H groups in total. The molecular weight excluding hydrogens is 398 g/mol. The predicted molar refractivity (Wildman–Crippen MR) is 127 cm³/mol. The predicted octanol–water partition coefficient (Wildman–Crippen LogP) is 5.89. The number of rotatable bonds is 6. The number of aromatic nitrogens is 2. The topological polar surface area (TPSA) is 64.1 Å². The van der Waals surface area contributed by atoms with E-state index in [9.17, 15) is 4.79 Å². The number of hydrogen-bond acceptors (Lipinski definition) is 4. The molecule has 1 heterocycles. The summed E-state index contributed by atoms with van der Waals surface area (Å²) in [5.74, 6) is 2.89. The molecule has 32 heavy (non-hydrogen) atoms. The van der Waals surface area contributed by atoms with Gasteiger partial charge in [0.05, 0.1) is 24.2 Å². The van der Waals surface area contributed by atoms with Gasteiger partial charge in [-0.05, 0) is 67.7 Å². The third-order valence-electron chi connectivity index (χ3n) is 7.65. The molecule has 170 valence electrons. The van der Waals surface area contributed by atoms with Crippen molar-refractivity contribution in [3.63, 3.8) is 0 Å². The molecule has 1 amide bonds. The Morgan fingerprint density at radius 3 is 2.53 bits per heavy atom. The van der Waals surface area contributed by atoms with Crippen molar-refractivity contribution in [2.24, 2.45) is 11.8 Å². The quantitative estimate of drug-likeness (QED) is 0.617. The van der Waals surface area contributed by atoms with Crippen LogP contribution in [0.5, 0.6) is 5.75 Å². The first-order chi connectivity index (χ1) is 15.7. The highest BCUT2D eigenvalue weighted by molar-refractivity contribution is 5.90. The fourth-order valence-corrected chi connectivity index (χ4v) is 5.85. The Morgan fingerprint density at radius 2 is 1.75 bits per heavy atom. The average Bonchev–Trinajstić information content (AvgIpc) is 3.33.